The smallest absolute Gasteiger partial charge is 0.0719 e. The van der Waals surface area contributed by atoms with Gasteiger partial charge in [-0.3, -0.25) is 9.80 Å². The maximum Gasteiger partial charge on any atom is 0.0719 e. The fourth-order valence-corrected chi connectivity index (χ4v) is 1.52. The van der Waals surface area contributed by atoms with E-state index in [9.17, 15) is 0 Å². The molecule has 3 heterocycles. The first kappa shape index (κ1) is 8.56. The molecule has 3 heteroatoms. The van der Waals surface area contributed by atoms with Gasteiger partial charge in [-0.15, -0.1) is 0 Å². The van der Waals surface area contributed by atoms with Gasteiger partial charge in [0.25, 0.3) is 0 Å². The summed E-state index contributed by atoms with van der Waals surface area (Å²) in [5.74, 6) is 0. The number of hydrogen-bond acceptors (Lipinski definition) is 3. The highest BCUT2D eigenvalue weighted by molar-refractivity contribution is 4.78. The molecule has 3 aliphatic rings. The van der Waals surface area contributed by atoms with Crippen molar-refractivity contribution in [3.63, 3.8) is 0 Å². The van der Waals surface area contributed by atoms with E-state index in [0.717, 1.165) is 6.26 Å². The molecule has 0 aliphatic carbocycles. The molecule has 0 radical (unpaired) electrons. The van der Waals surface area contributed by atoms with Crippen LogP contribution in [-0.4, -0.2) is 54.2 Å². The lowest BCUT2D eigenvalue weighted by molar-refractivity contribution is 0.0647. The maximum atomic E-state index is 7.33. The van der Waals surface area contributed by atoms with Gasteiger partial charge >= 0.3 is 0 Å². The molecule has 3 nitrogen and oxygen atoms in total. The van der Waals surface area contributed by atoms with Crippen LogP contribution in [0.15, 0.2) is 12.8 Å². The molecule has 64 valence electrons. The predicted octanol–water partition coefficient (Wildman–Crippen LogP) is 0.306. The third-order valence-electron chi connectivity index (χ3n) is 2.20. The minimum absolute atomic E-state index is 0.750. The summed E-state index contributed by atoms with van der Waals surface area (Å²) >= 11 is 0. The number of hydrogen-bond donors (Lipinski definition) is 1. The van der Waals surface area contributed by atoms with Crippen molar-refractivity contribution in [1.82, 2.24) is 9.80 Å². The highest BCUT2D eigenvalue weighted by atomic mass is 16.2. The lowest BCUT2D eigenvalue weighted by Gasteiger charge is -2.41. The van der Waals surface area contributed by atoms with E-state index in [-0.39, 0.29) is 0 Å². The van der Waals surface area contributed by atoms with Crippen molar-refractivity contribution in [2.24, 2.45) is 0 Å². The number of piperazine rings is 3. The van der Waals surface area contributed by atoms with Crippen molar-refractivity contribution in [2.45, 2.75) is 0 Å². The molecule has 0 aromatic carbocycles. The summed E-state index contributed by atoms with van der Waals surface area (Å²) in [6.07, 6.45) is 0.750. The molecule has 0 spiro atoms. The lowest BCUT2D eigenvalue weighted by Crippen LogP contribution is -2.55. The second kappa shape index (κ2) is 4.36. The first-order chi connectivity index (χ1) is 5.36. The summed E-state index contributed by atoms with van der Waals surface area (Å²) < 4.78 is 0. The van der Waals surface area contributed by atoms with Crippen LogP contribution in [0, 0.1) is 0 Å². The molecule has 0 atom stereocenters. The molecule has 3 rings (SSSR count). The Bertz CT molecular complexity index is 96.2. The average molecular weight is 156 g/mol. The average Bonchev–Trinajstić information content (AvgIpc) is 2.09. The largest absolute Gasteiger partial charge is 0.516 e. The van der Waals surface area contributed by atoms with Crippen LogP contribution in [0.4, 0.5) is 0 Å². The molecule has 3 aliphatic heterocycles. The van der Waals surface area contributed by atoms with Crippen LogP contribution >= 0.6 is 0 Å². The maximum absolute atomic E-state index is 7.33. The Kier molecular flexibility index (Phi) is 3.39. The van der Waals surface area contributed by atoms with Crippen molar-refractivity contribution in [3.8, 4) is 0 Å². The Morgan fingerprint density at radius 2 is 1.09 bits per heavy atom. The first-order valence-corrected chi connectivity index (χ1v) is 4.06. The van der Waals surface area contributed by atoms with Gasteiger partial charge in [0.15, 0.2) is 0 Å². The standard InChI is InChI=1S/C6H12N2.C2H4O/c1-2-8-5-3-7(1)4-6-8;1-2-3/h1-6H2;2-3H,1H2. The van der Waals surface area contributed by atoms with Gasteiger partial charge in [-0.1, -0.05) is 6.58 Å². The van der Waals surface area contributed by atoms with Gasteiger partial charge in [-0.05, 0) is 0 Å². The number of aliphatic hydroxyl groups excluding tert-OH is 1. The molecule has 3 fully saturated rings. The molecule has 2 bridgehead atoms. The van der Waals surface area contributed by atoms with Gasteiger partial charge in [0, 0.05) is 39.3 Å². The van der Waals surface area contributed by atoms with Gasteiger partial charge in [-0.2, -0.15) is 0 Å². The van der Waals surface area contributed by atoms with E-state index in [0.29, 0.717) is 0 Å². The molecule has 0 unspecified atom stereocenters. The predicted molar refractivity (Wildman–Crippen MR) is 45.7 cm³/mol. The summed E-state index contributed by atoms with van der Waals surface area (Å²) in [5, 5.41) is 7.33. The fourth-order valence-electron chi connectivity index (χ4n) is 1.52. The van der Waals surface area contributed by atoms with E-state index >= 15 is 0 Å². The summed E-state index contributed by atoms with van der Waals surface area (Å²) in [6, 6.07) is 0. The monoisotopic (exact) mass is 156 g/mol. The van der Waals surface area contributed by atoms with Crippen molar-refractivity contribution in [2.75, 3.05) is 39.3 Å². The Labute approximate surface area is 67.9 Å². The molecular weight excluding hydrogens is 140 g/mol. The van der Waals surface area contributed by atoms with Crippen LogP contribution in [0.5, 0.6) is 0 Å². The summed E-state index contributed by atoms with van der Waals surface area (Å²) in [5.41, 5.74) is 0. The fraction of sp³-hybridized carbons (Fsp3) is 0.750. The summed E-state index contributed by atoms with van der Waals surface area (Å²) in [4.78, 5) is 5.08. The molecule has 1 N–H and O–H groups in total. The molecule has 0 amide bonds. The summed E-state index contributed by atoms with van der Waals surface area (Å²) in [7, 11) is 0. The SMILES string of the molecule is C1CN2CCN1CC2.C=CO. The van der Waals surface area contributed by atoms with Crippen LogP contribution in [-0.2, 0) is 0 Å². The Hall–Kier alpha value is -0.540. The lowest BCUT2D eigenvalue weighted by atomic mass is 10.2. The van der Waals surface area contributed by atoms with Crippen molar-refractivity contribution < 1.29 is 5.11 Å². The molecule has 0 aromatic heterocycles. The van der Waals surface area contributed by atoms with Crippen LogP contribution in [0.3, 0.4) is 0 Å². The third kappa shape index (κ3) is 2.52. The van der Waals surface area contributed by atoms with Gasteiger partial charge in [0.1, 0.15) is 0 Å². The zero-order chi connectivity index (χ0) is 8.10. The topological polar surface area (TPSA) is 26.7 Å². The third-order valence-corrected chi connectivity index (χ3v) is 2.20. The van der Waals surface area contributed by atoms with Crippen molar-refractivity contribution in [1.29, 1.82) is 0 Å². The highest BCUT2D eigenvalue weighted by Gasteiger charge is 2.21. The first-order valence-electron chi connectivity index (χ1n) is 4.06. The molecule has 0 saturated carbocycles. The second-order valence-electron chi connectivity index (χ2n) is 2.87. The van der Waals surface area contributed by atoms with E-state index in [1.807, 2.05) is 0 Å². The van der Waals surface area contributed by atoms with E-state index < -0.39 is 0 Å². The van der Waals surface area contributed by atoms with Gasteiger partial charge in [0.2, 0.25) is 0 Å². The van der Waals surface area contributed by atoms with Crippen LogP contribution in [0.2, 0.25) is 0 Å². The Morgan fingerprint density at radius 1 is 0.909 bits per heavy atom. The van der Waals surface area contributed by atoms with E-state index in [2.05, 4.69) is 16.4 Å². The molecular formula is C8H16N2O. The van der Waals surface area contributed by atoms with Crippen molar-refractivity contribution >= 4 is 0 Å². The number of nitrogens with zero attached hydrogens (tertiary/aromatic N) is 2. The van der Waals surface area contributed by atoms with Crippen LogP contribution in [0.25, 0.3) is 0 Å². The quantitative estimate of drug-likeness (QED) is 0.511. The van der Waals surface area contributed by atoms with Gasteiger partial charge in [-0.25, -0.2) is 0 Å². The van der Waals surface area contributed by atoms with Gasteiger partial charge in [0.05, 0.1) is 6.26 Å². The molecule has 0 aromatic rings. The number of rotatable bonds is 0. The highest BCUT2D eigenvalue weighted by Crippen LogP contribution is 2.06. The summed E-state index contributed by atoms with van der Waals surface area (Å²) in [6.45, 7) is 10.8. The van der Waals surface area contributed by atoms with Crippen molar-refractivity contribution in [3.05, 3.63) is 12.8 Å². The molecule has 11 heavy (non-hydrogen) atoms. The minimum atomic E-state index is 0.750. The van der Waals surface area contributed by atoms with Gasteiger partial charge < -0.3 is 5.11 Å². The normalized spacial score (nSPS) is 33.8. The Morgan fingerprint density at radius 3 is 1.18 bits per heavy atom. The molecule has 3 saturated heterocycles. The minimum Gasteiger partial charge on any atom is -0.516 e. The Balaban J connectivity index is 0.000000179. The van der Waals surface area contributed by atoms with E-state index in [1.165, 1.54) is 39.3 Å². The second-order valence-corrected chi connectivity index (χ2v) is 2.87. The zero-order valence-electron chi connectivity index (χ0n) is 6.87. The van der Waals surface area contributed by atoms with E-state index in [1.54, 1.807) is 0 Å². The van der Waals surface area contributed by atoms with E-state index in [4.69, 9.17) is 5.11 Å². The number of fused-ring (bicyclic) bond motifs is 3. The zero-order valence-corrected chi connectivity index (χ0v) is 6.87. The van der Waals surface area contributed by atoms with Crippen LogP contribution < -0.4 is 0 Å². The number of aliphatic hydroxyl groups is 1. The van der Waals surface area contributed by atoms with Crippen LogP contribution in [0.1, 0.15) is 0 Å².